The van der Waals surface area contributed by atoms with Crippen molar-refractivity contribution < 1.29 is 13.9 Å². The van der Waals surface area contributed by atoms with E-state index in [1.807, 2.05) is 0 Å². The van der Waals surface area contributed by atoms with Gasteiger partial charge in [-0.3, -0.25) is 4.79 Å². The molecule has 120 valence electrons. The highest BCUT2D eigenvalue weighted by atomic mass is 19.1. The Labute approximate surface area is 132 Å². The van der Waals surface area contributed by atoms with Gasteiger partial charge in [0.25, 0.3) is 5.91 Å². The van der Waals surface area contributed by atoms with E-state index in [0.717, 1.165) is 0 Å². The van der Waals surface area contributed by atoms with E-state index in [1.165, 1.54) is 24.5 Å². The van der Waals surface area contributed by atoms with E-state index in [-0.39, 0.29) is 17.3 Å². The SMILES string of the molecule is Nc1nccnc1C(=O)NC1(c2cccc(F)c2)CCOCC1. The molecule has 1 aromatic carbocycles. The smallest absolute Gasteiger partial charge is 0.274 e. The number of rotatable bonds is 3. The number of carbonyl (C=O) groups excluding carboxylic acids is 1. The van der Waals surface area contributed by atoms with Crippen LogP contribution in [-0.4, -0.2) is 29.1 Å². The lowest BCUT2D eigenvalue weighted by Crippen LogP contribution is -2.49. The van der Waals surface area contributed by atoms with Crippen molar-refractivity contribution in [3.05, 3.63) is 53.7 Å². The van der Waals surface area contributed by atoms with Gasteiger partial charge in [0.1, 0.15) is 5.82 Å². The number of halogens is 1. The van der Waals surface area contributed by atoms with E-state index in [2.05, 4.69) is 15.3 Å². The van der Waals surface area contributed by atoms with Gasteiger partial charge in [-0.2, -0.15) is 0 Å². The summed E-state index contributed by atoms with van der Waals surface area (Å²) in [5, 5.41) is 2.96. The Hall–Kier alpha value is -2.54. The van der Waals surface area contributed by atoms with Gasteiger partial charge >= 0.3 is 0 Å². The van der Waals surface area contributed by atoms with Crippen LogP contribution < -0.4 is 11.1 Å². The first-order valence-corrected chi connectivity index (χ1v) is 7.33. The molecule has 3 rings (SSSR count). The van der Waals surface area contributed by atoms with Crippen molar-refractivity contribution >= 4 is 11.7 Å². The maximum Gasteiger partial charge on any atom is 0.274 e. The second kappa shape index (κ2) is 6.29. The number of hydrogen-bond donors (Lipinski definition) is 2. The van der Waals surface area contributed by atoms with Crippen LogP contribution >= 0.6 is 0 Å². The second-order valence-corrected chi connectivity index (χ2v) is 5.45. The average molecular weight is 316 g/mol. The van der Waals surface area contributed by atoms with Crippen molar-refractivity contribution in [2.45, 2.75) is 18.4 Å². The van der Waals surface area contributed by atoms with Crippen molar-refractivity contribution in [3.8, 4) is 0 Å². The highest BCUT2D eigenvalue weighted by Gasteiger charge is 2.37. The highest BCUT2D eigenvalue weighted by molar-refractivity contribution is 5.96. The van der Waals surface area contributed by atoms with Crippen LogP contribution in [0.5, 0.6) is 0 Å². The summed E-state index contributed by atoms with van der Waals surface area (Å²) in [6, 6.07) is 6.24. The van der Waals surface area contributed by atoms with E-state index in [0.29, 0.717) is 31.6 Å². The van der Waals surface area contributed by atoms with Gasteiger partial charge < -0.3 is 15.8 Å². The number of carbonyl (C=O) groups is 1. The second-order valence-electron chi connectivity index (χ2n) is 5.45. The molecule has 6 nitrogen and oxygen atoms in total. The summed E-state index contributed by atoms with van der Waals surface area (Å²) in [6.07, 6.45) is 3.91. The molecule has 1 fully saturated rings. The quantitative estimate of drug-likeness (QED) is 0.898. The van der Waals surface area contributed by atoms with E-state index in [4.69, 9.17) is 10.5 Å². The minimum Gasteiger partial charge on any atom is -0.382 e. The van der Waals surface area contributed by atoms with Crippen molar-refractivity contribution in [2.75, 3.05) is 18.9 Å². The summed E-state index contributed by atoms with van der Waals surface area (Å²) in [5.41, 5.74) is 5.78. The van der Waals surface area contributed by atoms with Crippen molar-refractivity contribution in [1.82, 2.24) is 15.3 Å². The van der Waals surface area contributed by atoms with E-state index in [9.17, 15) is 9.18 Å². The number of nitrogens with one attached hydrogen (secondary N) is 1. The molecular formula is C16H17FN4O2. The fourth-order valence-electron chi connectivity index (χ4n) is 2.79. The van der Waals surface area contributed by atoms with Gasteiger partial charge in [-0.1, -0.05) is 12.1 Å². The third kappa shape index (κ3) is 3.14. The monoisotopic (exact) mass is 316 g/mol. The molecule has 1 amide bonds. The molecule has 3 N–H and O–H groups in total. The number of benzene rings is 1. The molecular weight excluding hydrogens is 299 g/mol. The van der Waals surface area contributed by atoms with Crippen LogP contribution in [0.4, 0.5) is 10.2 Å². The molecule has 0 aliphatic carbocycles. The van der Waals surface area contributed by atoms with E-state index in [1.54, 1.807) is 12.1 Å². The Morgan fingerprint density at radius 3 is 2.70 bits per heavy atom. The van der Waals surface area contributed by atoms with Crippen LogP contribution in [0, 0.1) is 5.82 Å². The molecule has 0 atom stereocenters. The predicted octanol–water partition coefficient (Wildman–Crippen LogP) is 1.63. The third-order valence-corrected chi connectivity index (χ3v) is 4.02. The number of hydrogen-bond acceptors (Lipinski definition) is 5. The number of nitrogens with two attached hydrogens (primary N) is 1. The normalized spacial score (nSPS) is 16.7. The number of nitrogens with zero attached hydrogens (tertiary/aromatic N) is 2. The molecule has 0 saturated carbocycles. The number of anilines is 1. The van der Waals surface area contributed by atoms with Crippen LogP contribution in [0.2, 0.25) is 0 Å². The van der Waals surface area contributed by atoms with Crippen LogP contribution in [-0.2, 0) is 10.3 Å². The highest BCUT2D eigenvalue weighted by Crippen LogP contribution is 2.33. The molecule has 1 saturated heterocycles. The summed E-state index contributed by atoms with van der Waals surface area (Å²) in [4.78, 5) is 20.4. The summed E-state index contributed by atoms with van der Waals surface area (Å²) in [6.45, 7) is 0.958. The minimum absolute atomic E-state index is 0.0615. The van der Waals surface area contributed by atoms with Crippen LogP contribution in [0.25, 0.3) is 0 Å². The number of ether oxygens (including phenoxy) is 1. The molecule has 2 aromatic rings. The van der Waals surface area contributed by atoms with E-state index >= 15 is 0 Å². The Morgan fingerprint density at radius 2 is 2.00 bits per heavy atom. The number of amides is 1. The third-order valence-electron chi connectivity index (χ3n) is 4.02. The molecule has 23 heavy (non-hydrogen) atoms. The fraction of sp³-hybridized carbons (Fsp3) is 0.312. The van der Waals surface area contributed by atoms with Crippen LogP contribution in [0.1, 0.15) is 28.9 Å². The number of nitrogen functional groups attached to an aromatic ring is 1. The average Bonchev–Trinajstić information content (AvgIpc) is 2.56. The molecule has 0 radical (unpaired) electrons. The summed E-state index contributed by atoms with van der Waals surface area (Å²) in [7, 11) is 0. The van der Waals surface area contributed by atoms with Gasteiger partial charge in [0.15, 0.2) is 11.5 Å². The predicted molar refractivity (Wildman–Crippen MR) is 82.0 cm³/mol. The topological polar surface area (TPSA) is 90.1 Å². The van der Waals surface area contributed by atoms with Gasteiger partial charge in [-0.15, -0.1) is 0 Å². The minimum atomic E-state index is -0.707. The Bertz CT molecular complexity index is 717. The van der Waals surface area contributed by atoms with Crippen molar-refractivity contribution in [3.63, 3.8) is 0 Å². The van der Waals surface area contributed by atoms with Gasteiger partial charge in [-0.25, -0.2) is 14.4 Å². The van der Waals surface area contributed by atoms with E-state index < -0.39 is 11.4 Å². The number of aromatic nitrogens is 2. The van der Waals surface area contributed by atoms with Crippen molar-refractivity contribution in [1.29, 1.82) is 0 Å². The molecule has 7 heteroatoms. The standard InChI is InChI=1S/C16H17FN4O2/c17-12-3-1-2-11(10-12)16(4-8-23-9-5-16)21-15(22)13-14(18)20-7-6-19-13/h1-3,6-7,10H,4-5,8-9H2,(H2,18,20)(H,21,22). The molecule has 0 spiro atoms. The molecule has 1 aliphatic heterocycles. The first kappa shape index (κ1) is 15.4. The summed E-state index contributed by atoms with van der Waals surface area (Å²) in [5.74, 6) is -0.713. The maximum absolute atomic E-state index is 13.6. The lowest BCUT2D eigenvalue weighted by molar-refractivity contribution is 0.0343. The molecule has 2 heterocycles. The summed E-state index contributed by atoms with van der Waals surface area (Å²) < 4.78 is 19.0. The molecule has 1 aromatic heterocycles. The van der Waals surface area contributed by atoms with Crippen LogP contribution in [0.15, 0.2) is 36.7 Å². The van der Waals surface area contributed by atoms with Gasteiger partial charge in [0.2, 0.25) is 0 Å². The lowest BCUT2D eigenvalue weighted by Gasteiger charge is -2.38. The van der Waals surface area contributed by atoms with Crippen molar-refractivity contribution in [2.24, 2.45) is 0 Å². The van der Waals surface area contributed by atoms with Gasteiger partial charge in [0, 0.05) is 25.6 Å². The molecule has 1 aliphatic rings. The van der Waals surface area contributed by atoms with Gasteiger partial charge in [0.05, 0.1) is 5.54 Å². The first-order valence-electron chi connectivity index (χ1n) is 7.33. The van der Waals surface area contributed by atoms with Gasteiger partial charge in [-0.05, 0) is 30.5 Å². The maximum atomic E-state index is 13.6. The zero-order valence-electron chi connectivity index (χ0n) is 12.5. The van der Waals surface area contributed by atoms with Crippen LogP contribution in [0.3, 0.4) is 0 Å². The Kier molecular flexibility index (Phi) is 4.20. The largest absolute Gasteiger partial charge is 0.382 e. The molecule has 0 unspecified atom stereocenters. The zero-order chi connectivity index (χ0) is 16.3. The zero-order valence-corrected chi connectivity index (χ0v) is 12.5. The summed E-state index contributed by atoms with van der Waals surface area (Å²) >= 11 is 0. The Balaban J connectivity index is 1.94. The molecule has 0 bridgehead atoms. The Morgan fingerprint density at radius 1 is 1.26 bits per heavy atom. The lowest BCUT2D eigenvalue weighted by atomic mass is 9.82. The fourth-order valence-corrected chi connectivity index (χ4v) is 2.79. The first-order chi connectivity index (χ1) is 11.1.